The van der Waals surface area contributed by atoms with Gasteiger partial charge in [0.15, 0.2) is 5.78 Å². The molecule has 0 bridgehead atoms. The van der Waals surface area contributed by atoms with E-state index in [-0.39, 0.29) is 16.6 Å². The Balaban J connectivity index is 1.77. The third-order valence-electron chi connectivity index (χ3n) is 8.23. The molecule has 0 aromatic rings. The van der Waals surface area contributed by atoms with Crippen LogP contribution in [0.4, 0.5) is 0 Å². The average molecular weight is 427 g/mol. The van der Waals surface area contributed by atoms with Crippen molar-refractivity contribution in [1.82, 2.24) is 0 Å². The second-order valence-corrected chi connectivity index (χ2v) is 11.5. The maximum Gasteiger partial charge on any atom is 0.160 e. The minimum Gasteiger partial charge on any atom is -0.393 e. The minimum atomic E-state index is -0.635. The van der Waals surface area contributed by atoms with Crippen molar-refractivity contribution < 1.29 is 15.0 Å². The van der Waals surface area contributed by atoms with E-state index in [0.29, 0.717) is 30.6 Å². The molecule has 0 aromatic carbocycles. The first-order valence-electron chi connectivity index (χ1n) is 12.1. The number of hydrogen-bond acceptors (Lipinski definition) is 3. The molecule has 0 aromatic heterocycles. The summed E-state index contributed by atoms with van der Waals surface area (Å²) in [5.74, 6) is 1.75. The van der Waals surface area contributed by atoms with Crippen LogP contribution in [0.1, 0.15) is 79.6 Å². The predicted octanol–water partition coefficient (Wildman–Crippen LogP) is 5.93. The van der Waals surface area contributed by atoms with Gasteiger partial charge in [-0.25, -0.2) is 0 Å². The Morgan fingerprint density at radius 1 is 1.23 bits per heavy atom. The number of carbonyl (C=O) groups is 1. The second kappa shape index (κ2) is 9.19. The smallest absolute Gasteiger partial charge is 0.160 e. The first-order valence-corrected chi connectivity index (χ1v) is 12.1. The van der Waals surface area contributed by atoms with Gasteiger partial charge in [0.2, 0.25) is 0 Å². The molecule has 3 aliphatic carbocycles. The molecule has 0 amide bonds. The normalized spacial score (nSPS) is 38.1. The van der Waals surface area contributed by atoms with Crippen molar-refractivity contribution in [2.75, 3.05) is 0 Å². The largest absolute Gasteiger partial charge is 0.393 e. The summed E-state index contributed by atoms with van der Waals surface area (Å²) in [6.45, 7) is 14.7. The van der Waals surface area contributed by atoms with E-state index in [2.05, 4.69) is 38.7 Å². The van der Waals surface area contributed by atoms with Crippen LogP contribution in [-0.4, -0.2) is 28.2 Å². The van der Waals surface area contributed by atoms with Crippen LogP contribution >= 0.6 is 0 Å². The van der Waals surface area contributed by atoms with Gasteiger partial charge in [0, 0.05) is 11.8 Å². The van der Waals surface area contributed by atoms with Crippen LogP contribution in [0.3, 0.4) is 0 Å². The van der Waals surface area contributed by atoms with Crippen molar-refractivity contribution in [3.8, 4) is 0 Å². The number of ketones is 1. The van der Waals surface area contributed by atoms with Crippen LogP contribution in [0.5, 0.6) is 0 Å². The van der Waals surface area contributed by atoms with E-state index in [9.17, 15) is 15.0 Å². The topological polar surface area (TPSA) is 57.5 Å². The molecule has 0 heterocycles. The van der Waals surface area contributed by atoms with Gasteiger partial charge in [-0.15, -0.1) is 0 Å². The molecule has 3 heteroatoms. The summed E-state index contributed by atoms with van der Waals surface area (Å²) >= 11 is 0. The SMILES string of the molecule is C=C1/C(=C\C=C2/CCC[C@]3(C)[C@@H]([C@H](C)/C=C/C(=O)C(C)(C)C)CC[C@@H]23)C[C@@H](O)C[C@@H]1O. The Kier molecular flexibility index (Phi) is 7.18. The number of hydrogen-bond donors (Lipinski definition) is 2. The van der Waals surface area contributed by atoms with Crippen LogP contribution < -0.4 is 0 Å². The number of allylic oxidation sites excluding steroid dienone is 5. The third kappa shape index (κ3) is 5.14. The maximum absolute atomic E-state index is 12.4. The summed E-state index contributed by atoms with van der Waals surface area (Å²) in [6, 6.07) is 0. The highest BCUT2D eigenvalue weighted by Gasteiger charge is 2.50. The van der Waals surface area contributed by atoms with Crippen LogP contribution in [-0.2, 0) is 4.79 Å². The summed E-state index contributed by atoms with van der Waals surface area (Å²) in [5, 5.41) is 20.2. The molecule has 2 N–H and O–H groups in total. The van der Waals surface area contributed by atoms with Gasteiger partial charge in [0.1, 0.15) is 0 Å². The minimum absolute atomic E-state index is 0.201. The summed E-state index contributed by atoms with van der Waals surface area (Å²) in [5.41, 5.74) is 3.19. The predicted molar refractivity (Wildman–Crippen MR) is 127 cm³/mol. The lowest BCUT2D eigenvalue weighted by Gasteiger charge is -2.44. The van der Waals surface area contributed by atoms with Crippen molar-refractivity contribution in [1.29, 1.82) is 0 Å². The zero-order valence-corrected chi connectivity index (χ0v) is 20.2. The highest BCUT2D eigenvalue weighted by molar-refractivity contribution is 5.93. The lowest BCUT2D eigenvalue weighted by Crippen LogP contribution is -2.35. The van der Waals surface area contributed by atoms with E-state index >= 15 is 0 Å². The van der Waals surface area contributed by atoms with E-state index in [1.54, 1.807) is 0 Å². The zero-order valence-electron chi connectivity index (χ0n) is 20.2. The summed E-state index contributed by atoms with van der Waals surface area (Å²) in [7, 11) is 0. The first kappa shape index (κ1) is 24.2. The van der Waals surface area contributed by atoms with E-state index in [0.717, 1.165) is 17.6 Å². The van der Waals surface area contributed by atoms with Gasteiger partial charge in [0.05, 0.1) is 12.2 Å². The van der Waals surface area contributed by atoms with Crippen LogP contribution in [0.25, 0.3) is 0 Å². The summed E-state index contributed by atoms with van der Waals surface area (Å²) in [6.07, 6.45) is 14.2. The lowest BCUT2D eigenvalue weighted by molar-refractivity contribution is -0.121. The third-order valence-corrected chi connectivity index (χ3v) is 8.23. The molecule has 3 nitrogen and oxygen atoms in total. The standard InChI is InChI=1S/C28H42O3/c1-18(9-14-26(31)27(3,4)5)23-12-13-24-20(8-7-15-28(23,24)6)10-11-21-16-22(29)17-25(30)19(21)2/h9-11,14,18,22-25,29-30H,2,7-8,12-13,15-17H2,1,3-6H3/b14-9+,20-10+,21-11-/t18-,22-,23-,24+,25+,28-/m1/s1. The Bertz CT molecular complexity index is 794. The van der Waals surface area contributed by atoms with E-state index in [1.165, 1.54) is 31.3 Å². The van der Waals surface area contributed by atoms with Gasteiger partial charge in [-0.2, -0.15) is 0 Å². The fourth-order valence-electron chi connectivity index (χ4n) is 6.23. The van der Waals surface area contributed by atoms with Gasteiger partial charge in [0.25, 0.3) is 0 Å². The van der Waals surface area contributed by atoms with Gasteiger partial charge in [-0.05, 0) is 78.9 Å². The van der Waals surface area contributed by atoms with E-state index < -0.39 is 12.2 Å². The monoisotopic (exact) mass is 426 g/mol. The molecule has 0 radical (unpaired) electrons. The summed E-state index contributed by atoms with van der Waals surface area (Å²) in [4.78, 5) is 12.4. The lowest BCUT2D eigenvalue weighted by atomic mass is 9.61. The number of fused-ring (bicyclic) bond motifs is 1. The molecule has 3 saturated carbocycles. The number of aliphatic hydroxyl groups excluding tert-OH is 2. The molecule has 0 aliphatic heterocycles. The number of rotatable bonds is 4. The maximum atomic E-state index is 12.4. The number of carbonyl (C=O) groups excluding carboxylic acids is 1. The molecule has 0 unspecified atom stereocenters. The second-order valence-electron chi connectivity index (χ2n) is 11.5. The van der Waals surface area contributed by atoms with Crippen molar-refractivity contribution in [2.24, 2.45) is 28.6 Å². The summed E-state index contributed by atoms with van der Waals surface area (Å²) < 4.78 is 0. The quantitative estimate of drug-likeness (QED) is 0.547. The Morgan fingerprint density at radius 3 is 2.61 bits per heavy atom. The molecule has 6 atom stereocenters. The zero-order chi connectivity index (χ0) is 23.0. The fourth-order valence-corrected chi connectivity index (χ4v) is 6.23. The van der Waals surface area contributed by atoms with Crippen molar-refractivity contribution >= 4 is 5.78 Å². The van der Waals surface area contributed by atoms with Gasteiger partial charge in [-0.3, -0.25) is 4.79 Å². The van der Waals surface area contributed by atoms with Gasteiger partial charge >= 0.3 is 0 Å². The molecule has 172 valence electrons. The molecule has 31 heavy (non-hydrogen) atoms. The average Bonchev–Trinajstić information content (AvgIpc) is 3.04. The first-order chi connectivity index (χ1) is 14.4. The Labute approximate surface area is 189 Å². The molecule has 0 saturated heterocycles. The molecule has 3 fully saturated rings. The van der Waals surface area contributed by atoms with Gasteiger partial charge < -0.3 is 10.2 Å². The van der Waals surface area contributed by atoms with Crippen molar-refractivity contribution in [3.05, 3.63) is 47.6 Å². The molecule has 3 aliphatic rings. The Morgan fingerprint density at radius 2 is 1.94 bits per heavy atom. The molecule has 0 spiro atoms. The highest BCUT2D eigenvalue weighted by Crippen LogP contribution is 2.59. The Hall–Kier alpha value is -1.45. The fraction of sp³-hybridized carbons (Fsp3) is 0.679. The van der Waals surface area contributed by atoms with Crippen molar-refractivity contribution in [2.45, 2.75) is 91.8 Å². The van der Waals surface area contributed by atoms with E-state index in [4.69, 9.17) is 0 Å². The van der Waals surface area contributed by atoms with Crippen molar-refractivity contribution in [3.63, 3.8) is 0 Å². The van der Waals surface area contributed by atoms with E-state index in [1.807, 2.05) is 26.8 Å². The van der Waals surface area contributed by atoms with Gasteiger partial charge in [-0.1, -0.05) is 65.0 Å². The highest BCUT2D eigenvalue weighted by atomic mass is 16.3. The van der Waals surface area contributed by atoms with Crippen LogP contribution in [0.2, 0.25) is 0 Å². The number of aliphatic hydroxyl groups is 2. The molecule has 3 rings (SSSR count). The van der Waals surface area contributed by atoms with Crippen LogP contribution in [0, 0.1) is 28.6 Å². The molecular formula is C28H42O3. The molecular weight excluding hydrogens is 384 g/mol. The van der Waals surface area contributed by atoms with Crippen LogP contribution in [0.15, 0.2) is 47.6 Å².